The lowest BCUT2D eigenvalue weighted by Crippen LogP contribution is -2.41. The molecule has 0 aliphatic carbocycles. The molecule has 3 aromatic rings. The van der Waals surface area contributed by atoms with Crippen LogP contribution in [0.15, 0.2) is 48.5 Å². The van der Waals surface area contributed by atoms with Crippen molar-refractivity contribution in [2.24, 2.45) is 0 Å². The predicted molar refractivity (Wildman–Crippen MR) is 102 cm³/mol. The molecule has 4 nitrogen and oxygen atoms in total. The highest BCUT2D eigenvalue weighted by molar-refractivity contribution is 6.31. The van der Waals surface area contributed by atoms with E-state index in [9.17, 15) is 4.79 Å². The highest BCUT2D eigenvalue weighted by atomic mass is 35.5. The molecule has 1 N–H and O–H groups in total. The Kier molecular flexibility index (Phi) is 4.32. The van der Waals surface area contributed by atoms with Crippen LogP contribution in [0, 0.1) is 12.3 Å². The number of carbonyl (C=O) groups excluding carboxylic acids is 1. The highest BCUT2D eigenvalue weighted by Crippen LogP contribution is 2.39. The summed E-state index contributed by atoms with van der Waals surface area (Å²) in [5.74, 6) is 2.35. The van der Waals surface area contributed by atoms with Crippen molar-refractivity contribution in [3.05, 3.63) is 70.4 Å². The van der Waals surface area contributed by atoms with Crippen LogP contribution in [-0.2, 0) is 11.2 Å². The Labute approximate surface area is 156 Å². The van der Waals surface area contributed by atoms with Crippen molar-refractivity contribution in [1.29, 1.82) is 0 Å². The minimum Gasteiger partial charge on any atom is -0.436 e. The van der Waals surface area contributed by atoms with Gasteiger partial charge in [-0.15, -0.1) is 6.42 Å². The molecule has 130 valence electrons. The van der Waals surface area contributed by atoms with Gasteiger partial charge in [-0.1, -0.05) is 47.9 Å². The van der Waals surface area contributed by atoms with Gasteiger partial charge in [-0.25, -0.2) is 4.79 Å². The molecule has 1 unspecified atom stereocenters. The Morgan fingerprint density at radius 1 is 1.31 bits per heavy atom. The van der Waals surface area contributed by atoms with Gasteiger partial charge in [-0.2, -0.15) is 0 Å². The fourth-order valence-corrected chi connectivity index (χ4v) is 3.80. The van der Waals surface area contributed by atoms with Gasteiger partial charge in [0.15, 0.2) is 6.61 Å². The van der Waals surface area contributed by atoms with Crippen LogP contribution in [0.3, 0.4) is 0 Å². The van der Waals surface area contributed by atoms with Crippen LogP contribution in [-0.4, -0.2) is 29.1 Å². The van der Waals surface area contributed by atoms with Gasteiger partial charge in [0.2, 0.25) is 0 Å². The molecule has 0 spiro atoms. The van der Waals surface area contributed by atoms with E-state index in [0.717, 1.165) is 28.6 Å². The maximum Gasteiger partial charge on any atom is 0.411 e. The average molecular weight is 365 g/mol. The van der Waals surface area contributed by atoms with Gasteiger partial charge in [-0.3, -0.25) is 4.90 Å². The van der Waals surface area contributed by atoms with Crippen molar-refractivity contribution in [2.75, 3.05) is 13.2 Å². The van der Waals surface area contributed by atoms with Gasteiger partial charge in [0, 0.05) is 28.2 Å². The van der Waals surface area contributed by atoms with E-state index in [4.69, 9.17) is 22.8 Å². The summed E-state index contributed by atoms with van der Waals surface area (Å²) in [5, 5.41) is 1.80. The van der Waals surface area contributed by atoms with Gasteiger partial charge in [0.1, 0.15) is 6.04 Å². The Morgan fingerprint density at radius 3 is 2.88 bits per heavy atom. The zero-order valence-corrected chi connectivity index (χ0v) is 14.8. The molecule has 1 aliphatic heterocycles. The summed E-state index contributed by atoms with van der Waals surface area (Å²) in [7, 11) is 0. The van der Waals surface area contributed by atoms with E-state index in [-0.39, 0.29) is 12.6 Å². The summed E-state index contributed by atoms with van der Waals surface area (Å²) in [5.41, 5.74) is 4.22. The molecule has 0 saturated carbocycles. The highest BCUT2D eigenvalue weighted by Gasteiger charge is 2.35. The van der Waals surface area contributed by atoms with Crippen molar-refractivity contribution in [2.45, 2.75) is 12.5 Å². The molecule has 1 amide bonds. The maximum atomic E-state index is 12.6. The standard InChI is InChI=1S/C21H17ClN2O2/c1-2-12-26-21(25)24-11-10-16-17-13-15(22)8-9-18(17)23-19(16)20(24)14-6-4-3-5-7-14/h1,3-9,13,20,23H,10-12H2. The lowest BCUT2D eigenvalue weighted by atomic mass is 9.93. The zero-order valence-electron chi connectivity index (χ0n) is 14.0. The topological polar surface area (TPSA) is 45.3 Å². The molecular weight excluding hydrogens is 348 g/mol. The van der Waals surface area contributed by atoms with Crippen LogP contribution in [0.5, 0.6) is 0 Å². The van der Waals surface area contributed by atoms with Crippen molar-refractivity contribution in [3.8, 4) is 12.3 Å². The van der Waals surface area contributed by atoms with Gasteiger partial charge in [0.05, 0.1) is 0 Å². The second-order valence-corrected chi connectivity index (χ2v) is 6.66. The number of hydrogen-bond acceptors (Lipinski definition) is 2. The van der Waals surface area contributed by atoms with Crippen molar-refractivity contribution in [1.82, 2.24) is 9.88 Å². The lowest BCUT2D eigenvalue weighted by molar-refractivity contribution is 0.0993. The molecule has 26 heavy (non-hydrogen) atoms. The molecule has 4 rings (SSSR count). The monoisotopic (exact) mass is 364 g/mol. The quantitative estimate of drug-likeness (QED) is 0.678. The SMILES string of the molecule is C#CCOC(=O)N1CCc2c([nH]c3ccc(Cl)cc23)C1c1ccccc1. The molecule has 2 heterocycles. The first-order valence-corrected chi connectivity index (χ1v) is 8.78. The summed E-state index contributed by atoms with van der Waals surface area (Å²) in [6.45, 7) is 0.515. The van der Waals surface area contributed by atoms with E-state index in [1.165, 1.54) is 5.56 Å². The van der Waals surface area contributed by atoms with E-state index in [0.29, 0.717) is 11.6 Å². The van der Waals surface area contributed by atoms with E-state index >= 15 is 0 Å². The zero-order chi connectivity index (χ0) is 18.1. The first-order chi connectivity index (χ1) is 12.7. The molecule has 5 heteroatoms. The summed E-state index contributed by atoms with van der Waals surface area (Å²) in [4.78, 5) is 17.8. The number of benzene rings is 2. The van der Waals surface area contributed by atoms with Gasteiger partial charge in [0.25, 0.3) is 0 Å². The molecule has 0 bridgehead atoms. The number of rotatable bonds is 2. The Morgan fingerprint density at radius 2 is 2.12 bits per heavy atom. The summed E-state index contributed by atoms with van der Waals surface area (Å²) in [6.07, 6.45) is 5.55. The third-order valence-corrected chi connectivity index (χ3v) is 4.95. The lowest BCUT2D eigenvalue weighted by Gasteiger charge is -2.35. The van der Waals surface area contributed by atoms with E-state index in [1.54, 1.807) is 4.90 Å². The summed E-state index contributed by atoms with van der Waals surface area (Å²) in [6, 6.07) is 15.5. The van der Waals surface area contributed by atoms with Gasteiger partial charge >= 0.3 is 6.09 Å². The number of nitrogens with one attached hydrogen (secondary N) is 1. The minimum absolute atomic E-state index is 0.0357. The van der Waals surface area contributed by atoms with Crippen LogP contribution in [0.4, 0.5) is 4.79 Å². The third kappa shape index (κ3) is 2.81. The normalized spacial score (nSPS) is 16.2. The number of hydrogen-bond donors (Lipinski definition) is 1. The number of terminal acetylenes is 1. The molecule has 1 aliphatic rings. The van der Waals surface area contributed by atoms with Crippen molar-refractivity contribution >= 4 is 28.6 Å². The van der Waals surface area contributed by atoms with Crippen LogP contribution >= 0.6 is 11.6 Å². The first-order valence-electron chi connectivity index (χ1n) is 8.41. The average Bonchev–Trinajstić information content (AvgIpc) is 3.03. The molecule has 1 aromatic heterocycles. The van der Waals surface area contributed by atoms with Crippen LogP contribution in [0.25, 0.3) is 10.9 Å². The number of nitrogens with zero attached hydrogens (tertiary/aromatic N) is 1. The van der Waals surface area contributed by atoms with Crippen LogP contribution in [0.1, 0.15) is 22.9 Å². The second-order valence-electron chi connectivity index (χ2n) is 6.22. The van der Waals surface area contributed by atoms with Crippen LogP contribution in [0.2, 0.25) is 5.02 Å². The van der Waals surface area contributed by atoms with E-state index < -0.39 is 6.09 Å². The van der Waals surface area contributed by atoms with E-state index in [1.807, 2.05) is 48.5 Å². The fourth-order valence-electron chi connectivity index (χ4n) is 3.63. The number of halogens is 1. The number of aromatic nitrogens is 1. The molecule has 2 aromatic carbocycles. The second kappa shape index (κ2) is 6.78. The van der Waals surface area contributed by atoms with Gasteiger partial charge in [-0.05, 0) is 35.7 Å². The summed E-state index contributed by atoms with van der Waals surface area (Å²) >= 11 is 6.19. The minimum atomic E-state index is -0.404. The number of fused-ring (bicyclic) bond motifs is 3. The number of aromatic amines is 1. The molecule has 0 fully saturated rings. The van der Waals surface area contributed by atoms with Crippen LogP contribution < -0.4 is 0 Å². The predicted octanol–water partition coefficient (Wildman–Crippen LogP) is 4.54. The number of H-pyrrole nitrogens is 1. The largest absolute Gasteiger partial charge is 0.436 e. The Balaban J connectivity index is 1.84. The summed E-state index contributed by atoms with van der Waals surface area (Å²) < 4.78 is 5.21. The molecule has 1 atom stereocenters. The number of ether oxygens (including phenoxy) is 1. The van der Waals surface area contributed by atoms with Crippen molar-refractivity contribution < 1.29 is 9.53 Å². The molecular formula is C21H17ClN2O2. The van der Waals surface area contributed by atoms with E-state index in [2.05, 4.69) is 10.9 Å². The Bertz CT molecular complexity index is 1000. The smallest absolute Gasteiger partial charge is 0.411 e. The molecule has 0 radical (unpaired) electrons. The third-order valence-electron chi connectivity index (χ3n) is 4.72. The first kappa shape index (κ1) is 16.6. The van der Waals surface area contributed by atoms with Crippen molar-refractivity contribution in [3.63, 3.8) is 0 Å². The maximum absolute atomic E-state index is 12.6. The number of carbonyl (C=O) groups is 1. The number of amides is 1. The Hall–Kier alpha value is -2.90. The molecule has 0 saturated heterocycles. The fraction of sp³-hybridized carbons (Fsp3) is 0.190. The van der Waals surface area contributed by atoms with Gasteiger partial charge < -0.3 is 9.72 Å².